The summed E-state index contributed by atoms with van der Waals surface area (Å²) in [4.78, 5) is 20.7. The molecule has 0 saturated carbocycles. The van der Waals surface area contributed by atoms with Crippen LogP contribution in [0.3, 0.4) is 0 Å². The highest BCUT2D eigenvalue weighted by molar-refractivity contribution is 5.94. The number of pyridine rings is 1. The lowest BCUT2D eigenvalue weighted by Gasteiger charge is -2.20. The number of hydrogen-bond acceptors (Lipinski definition) is 3. The van der Waals surface area contributed by atoms with Gasteiger partial charge in [0.1, 0.15) is 5.82 Å². The fourth-order valence-electron chi connectivity index (χ4n) is 2.42. The zero-order chi connectivity index (χ0) is 16.7. The average Bonchev–Trinajstić information content (AvgIpc) is 2.60. The van der Waals surface area contributed by atoms with Gasteiger partial charge < -0.3 is 9.80 Å². The van der Waals surface area contributed by atoms with Gasteiger partial charge in [-0.05, 0) is 24.1 Å². The molecule has 0 aliphatic heterocycles. The van der Waals surface area contributed by atoms with Gasteiger partial charge in [0, 0.05) is 38.9 Å². The Balaban J connectivity index is 2.08. The minimum Gasteiger partial charge on any atom is -0.355 e. The predicted molar refractivity (Wildman–Crippen MR) is 94.7 cm³/mol. The molecule has 2 rings (SSSR count). The van der Waals surface area contributed by atoms with E-state index in [2.05, 4.69) is 28.9 Å². The molecule has 0 aliphatic rings. The van der Waals surface area contributed by atoms with Gasteiger partial charge in [0.15, 0.2) is 0 Å². The van der Waals surface area contributed by atoms with Crippen LogP contribution in [0, 0.1) is 0 Å². The minimum atomic E-state index is 0.0511. The van der Waals surface area contributed by atoms with E-state index in [0.29, 0.717) is 5.56 Å². The number of carbonyl (C=O) groups is 1. The van der Waals surface area contributed by atoms with Crippen LogP contribution in [-0.2, 0) is 6.54 Å². The van der Waals surface area contributed by atoms with Gasteiger partial charge in [-0.1, -0.05) is 43.7 Å². The van der Waals surface area contributed by atoms with E-state index in [9.17, 15) is 4.79 Å². The Labute approximate surface area is 138 Å². The second-order valence-corrected chi connectivity index (χ2v) is 5.82. The molecule has 0 aliphatic carbocycles. The van der Waals surface area contributed by atoms with E-state index in [1.165, 1.54) is 5.56 Å². The number of hydrogen-bond donors (Lipinski definition) is 0. The molecule has 0 atom stereocenters. The van der Waals surface area contributed by atoms with Gasteiger partial charge in [-0.25, -0.2) is 4.98 Å². The van der Waals surface area contributed by atoms with Crippen molar-refractivity contribution < 1.29 is 4.79 Å². The maximum absolute atomic E-state index is 12.5. The highest BCUT2D eigenvalue weighted by atomic mass is 16.2. The van der Waals surface area contributed by atoms with Crippen LogP contribution in [0.25, 0.3) is 0 Å². The van der Waals surface area contributed by atoms with Crippen molar-refractivity contribution in [1.29, 1.82) is 0 Å². The fraction of sp³-hybridized carbons (Fsp3) is 0.368. The summed E-state index contributed by atoms with van der Waals surface area (Å²) in [5, 5.41) is 0. The predicted octanol–water partition coefficient (Wildman–Crippen LogP) is 3.59. The summed E-state index contributed by atoms with van der Waals surface area (Å²) in [5.74, 6) is 0.860. The zero-order valence-corrected chi connectivity index (χ0v) is 14.2. The Bertz CT molecular complexity index is 628. The highest BCUT2D eigenvalue weighted by Gasteiger charge is 2.13. The molecule has 4 heteroatoms. The molecule has 0 fully saturated rings. The highest BCUT2D eigenvalue weighted by Crippen LogP contribution is 2.15. The fourth-order valence-corrected chi connectivity index (χ4v) is 2.42. The SMILES string of the molecule is CCCCN(C)C(=O)c1ccnc(N(C)Cc2ccccc2)c1. The Morgan fingerprint density at radius 1 is 1.13 bits per heavy atom. The number of nitrogens with zero attached hydrogens (tertiary/aromatic N) is 3. The Hall–Kier alpha value is -2.36. The van der Waals surface area contributed by atoms with Gasteiger partial charge in [-0.15, -0.1) is 0 Å². The summed E-state index contributed by atoms with van der Waals surface area (Å²) in [5.41, 5.74) is 1.90. The molecule has 1 aromatic heterocycles. The number of amides is 1. The molecule has 0 N–H and O–H groups in total. The number of unbranched alkanes of at least 4 members (excludes halogenated alkanes) is 1. The third-order valence-corrected chi connectivity index (χ3v) is 3.84. The lowest BCUT2D eigenvalue weighted by atomic mass is 10.2. The number of aromatic nitrogens is 1. The summed E-state index contributed by atoms with van der Waals surface area (Å²) in [6, 6.07) is 13.9. The van der Waals surface area contributed by atoms with Crippen molar-refractivity contribution in [2.24, 2.45) is 0 Å². The molecule has 23 heavy (non-hydrogen) atoms. The molecule has 122 valence electrons. The van der Waals surface area contributed by atoms with E-state index in [0.717, 1.165) is 31.7 Å². The van der Waals surface area contributed by atoms with E-state index in [1.54, 1.807) is 17.2 Å². The molecule has 4 nitrogen and oxygen atoms in total. The van der Waals surface area contributed by atoms with Crippen LogP contribution in [0.4, 0.5) is 5.82 Å². The van der Waals surface area contributed by atoms with Crippen molar-refractivity contribution in [3.63, 3.8) is 0 Å². The molecule has 0 saturated heterocycles. The first-order valence-electron chi connectivity index (χ1n) is 8.08. The van der Waals surface area contributed by atoms with Crippen molar-refractivity contribution in [1.82, 2.24) is 9.88 Å². The van der Waals surface area contributed by atoms with E-state index in [-0.39, 0.29) is 5.91 Å². The molecule has 2 aromatic rings. The monoisotopic (exact) mass is 311 g/mol. The van der Waals surface area contributed by atoms with Crippen LogP contribution in [-0.4, -0.2) is 36.4 Å². The first-order chi connectivity index (χ1) is 11.1. The summed E-state index contributed by atoms with van der Waals surface area (Å²) >= 11 is 0. The average molecular weight is 311 g/mol. The summed E-state index contributed by atoms with van der Waals surface area (Å²) in [6.45, 7) is 3.67. The first-order valence-corrected chi connectivity index (χ1v) is 8.08. The van der Waals surface area contributed by atoms with Gasteiger partial charge in [-0.2, -0.15) is 0 Å². The third kappa shape index (κ3) is 4.81. The Morgan fingerprint density at radius 2 is 1.87 bits per heavy atom. The largest absolute Gasteiger partial charge is 0.355 e. The first kappa shape index (κ1) is 17.0. The van der Waals surface area contributed by atoms with Gasteiger partial charge in [0.05, 0.1) is 0 Å². The van der Waals surface area contributed by atoms with Crippen molar-refractivity contribution in [3.05, 3.63) is 59.8 Å². The van der Waals surface area contributed by atoms with Crippen LogP contribution >= 0.6 is 0 Å². The zero-order valence-electron chi connectivity index (χ0n) is 14.2. The standard InChI is InChI=1S/C19H25N3O/c1-4-5-13-21(2)19(23)17-11-12-20-18(14-17)22(3)15-16-9-7-6-8-10-16/h6-12,14H,4-5,13,15H2,1-3H3. The van der Waals surface area contributed by atoms with Crippen LogP contribution < -0.4 is 4.90 Å². The molecule has 1 amide bonds. The van der Waals surface area contributed by atoms with Crippen LogP contribution in [0.5, 0.6) is 0 Å². The number of benzene rings is 1. The summed E-state index contributed by atoms with van der Waals surface area (Å²) in [7, 11) is 3.84. The molecule has 1 aromatic carbocycles. The van der Waals surface area contributed by atoms with E-state index >= 15 is 0 Å². The van der Waals surface area contributed by atoms with E-state index < -0.39 is 0 Å². The van der Waals surface area contributed by atoms with Crippen LogP contribution in [0.15, 0.2) is 48.7 Å². The lowest BCUT2D eigenvalue weighted by molar-refractivity contribution is 0.0793. The Morgan fingerprint density at radius 3 is 2.57 bits per heavy atom. The molecular formula is C19H25N3O. The second-order valence-electron chi connectivity index (χ2n) is 5.82. The minimum absolute atomic E-state index is 0.0511. The molecule has 0 bridgehead atoms. The van der Waals surface area contributed by atoms with Crippen molar-refractivity contribution in [2.45, 2.75) is 26.3 Å². The second kappa shape index (κ2) is 8.32. The van der Waals surface area contributed by atoms with Gasteiger partial charge in [0.25, 0.3) is 5.91 Å². The van der Waals surface area contributed by atoms with E-state index in [1.807, 2.05) is 38.4 Å². The van der Waals surface area contributed by atoms with Gasteiger partial charge >= 0.3 is 0 Å². The molecule has 1 heterocycles. The smallest absolute Gasteiger partial charge is 0.253 e. The van der Waals surface area contributed by atoms with Crippen molar-refractivity contribution in [2.75, 3.05) is 25.5 Å². The summed E-state index contributed by atoms with van der Waals surface area (Å²) in [6.07, 6.45) is 3.81. The van der Waals surface area contributed by atoms with Crippen LogP contribution in [0.2, 0.25) is 0 Å². The number of anilines is 1. The number of rotatable bonds is 7. The van der Waals surface area contributed by atoms with Gasteiger partial charge in [-0.3, -0.25) is 4.79 Å². The normalized spacial score (nSPS) is 10.4. The van der Waals surface area contributed by atoms with Crippen molar-refractivity contribution >= 4 is 11.7 Å². The maximum Gasteiger partial charge on any atom is 0.253 e. The third-order valence-electron chi connectivity index (χ3n) is 3.84. The molecule has 0 unspecified atom stereocenters. The lowest BCUT2D eigenvalue weighted by Crippen LogP contribution is -2.28. The molecular weight excluding hydrogens is 286 g/mol. The van der Waals surface area contributed by atoms with Crippen LogP contribution in [0.1, 0.15) is 35.7 Å². The molecule has 0 spiro atoms. The molecule has 0 radical (unpaired) electrons. The van der Waals surface area contributed by atoms with Crippen molar-refractivity contribution in [3.8, 4) is 0 Å². The van der Waals surface area contributed by atoms with Gasteiger partial charge in [0.2, 0.25) is 0 Å². The maximum atomic E-state index is 12.5. The topological polar surface area (TPSA) is 36.4 Å². The quantitative estimate of drug-likeness (QED) is 0.784. The summed E-state index contributed by atoms with van der Waals surface area (Å²) < 4.78 is 0. The van der Waals surface area contributed by atoms with E-state index in [4.69, 9.17) is 0 Å². The Kier molecular flexibility index (Phi) is 6.15. The number of carbonyl (C=O) groups excluding carboxylic acids is 1.